The Balaban J connectivity index is 1.25. The maximum Gasteiger partial charge on any atom is 0.143 e. The van der Waals surface area contributed by atoms with Crippen LogP contribution in [0.5, 0.6) is 11.5 Å². The zero-order valence-corrected chi connectivity index (χ0v) is 21.1. The molecule has 0 unspecified atom stereocenters. The second-order valence-electron chi connectivity index (χ2n) is 10.5. The first-order chi connectivity index (χ1) is 19.3. The number of fused-ring (bicyclic) bond motifs is 8. The Kier molecular flexibility index (Phi) is 4.11. The van der Waals surface area contributed by atoms with Gasteiger partial charge in [-0.3, -0.25) is 0 Å². The molecule has 1 heteroatoms. The van der Waals surface area contributed by atoms with Gasteiger partial charge in [0.1, 0.15) is 11.5 Å². The molecular weight excluding hydrogens is 472 g/mol. The second-order valence-corrected chi connectivity index (χ2v) is 10.5. The number of ether oxygens (including phenoxy) is 1. The van der Waals surface area contributed by atoms with Crippen LogP contribution in [0.1, 0.15) is 0 Å². The highest BCUT2D eigenvalue weighted by Crippen LogP contribution is 2.50. The van der Waals surface area contributed by atoms with Crippen LogP contribution in [0.4, 0.5) is 0 Å². The first-order valence-electron chi connectivity index (χ1n) is 13.4. The molecule has 1 aliphatic heterocycles. The Morgan fingerprint density at radius 3 is 2.00 bits per heavy atom. The van der Waals surface area contributed by atoms with Crippen molar-refractivity contribution >= 4 is 53.9 Å². The molecule has 8 aromatic rings. The molecule has 39 heavy (non-hydrogen) atoms. The van der Waals surface area contributed by atoms with Gasteiger partial charge in [0.2, 0.25) is 0 Å². The van der Waals surface area contributed by atoms with E-state index >= 15 is 0 Å². The summed E-state index contributed by atoms with van der Waals surface area (Å²) in [4.78, 5) is 0. The molecule has 0 saturated heterocycles. The molecule has 0 aromatic heterocycles. The molecule has 180 valence electrons. The van der Waals surface area contributed by atoms with Crippen LogP contribution >= 0.6 is 0 Å². The van der Waals surface area contributed by atoms with E-state index in [1.165, 1.54) is 65.2 Å². The lowest BCUT2D eigenvalue weighted by molar-refractivity contribution is 0.493. The van der Waals surface area contributed by atoms with Gasteiger partial charge in [-0.05, 0) is 90.1 Å². The van der Waals surface area contributed by atoms with E-state index in [1.54, 1.807) is 0 Å². The van der Waals surface area contributed by atoms with Crippen LogP contribution in [-0.2, 0) is 0 Å². The van der Waals surface area contributed by atoms with Crippen LogP contribution in [0.15, 0.2) is 133 Å². The highest BCUT2D eigenvalue weighted by atomic mass is 16.5. The largest absolute Gasteiger partial charge is 0.455 e. The molecular formula is C38H22O. The van der Waals surface area contributed by atoms with Gasteiger partial charge in [-0.1, -0.05) is 103 Å². The zero-order chi connectivity index (χ0) is 25.5. The van der Waals surface area contributed by atoms with Crippen molar-refractivity contribution in [2.45, 2.75) is 0 Å². The van der Waals surface area contributed by atoms with Crippen LogP contribution < -0.4 is 4.74 Å². The lowest BCUT2D eigenvalue weighted by Crippen LogP contribution is -1.98. The van der Waals surface area contributed by atoms with Crippen molar-refractivity contribution in [1.82, 2.24) is 0 Å². The Bertz CT molecular complexity index is 2310. The normalized spacial score (nSPS) is 12.3. The highest BCUT2D eigenvalue weighted by molar-refractivity contribution is 6.14. The predicted octanol–water partition coefficient (Wildman–Crippen LogP) is 10.9. The molecule has 0 radical (unpaired) electrons. The fourth-order valence-corrected chi connectivity index (χ4v) is 6.53. The summed E-state index contributed by atoms with van der Waals surface area (Å²) >= 11 is 0. The Labute approximate surface area is 225 Å². The van der Waals surface area contributed by atoms with E-state index in [0.29, 0.717) is 0 Å². The van der Waals surface area contributed by atoms with E-state index in [9.17, 15) is 0 Å². The van der Waals surface area contributed by atoms with Crippen molar-refractivity contribution in [2.24, 2.45) is 0 Å². The number of hydrogen-bond donors (Lipinski definition) is 0. The molecule has 0 fully saturated rings. The molecule has 0 aliphatic carbocycles. The minimum atomic E-state index is 0.923. The fourth-order valence-electron chi connectivity index (χ4n) is 6.53. The van der Waals surface area contributed by atoms with Crippen LogP contribution in [0.3, 0.4) is 0 Å². The summed E-state index contributed by atoms with van der Waals surface area (Å²) < 4.78 is 6.61. The molecule has 0 saturated carbocycles. The lowest BCUT2D eigenvalue weighted by Gasteiger charge is -2.24. The van der Waals surface area contributed by atoms with E-state index in [4.69, 9.17) is 4.74 Å². The van der Waals surface area contributed by atoms with Gasteiger partial charge >= 0.3 is 0 Å². The van der Waals surface area contributed by atoms with E-state index < -0.39 is 0 Å². The summed E-state index contributed by atoms with van der Waals surface area (Å²) in [6.45, 7) is 0. The van der Waals surface area contributed by atoms with E-state index in [0.717, 1.165) is 22.4 Å². The van der Waals surface area contributed by atoms with Gasteiger partial charge in [-0.2, -0.15) is 0 Å². The lowest BCUT2D eigenvalue weighted by atomic mass is 9.89. The standard InChI is InChI=1S/C38H22O/c1-3-8-29-23(6-1)12-14-27-21-28-20-26(15-13-25(28)22-35(27)29)30-18-19-36-37-32(30)10-5-11-33(37)34-17-16-24-7-2-4-9-31(24)38(34)39-36/h1-22H. The third-order valence-electron chi connectivity index (χ3n) is 8.40. The first kappa shape index (κ1) is 20.9. The number of rotatable bonds is 1. The van der Waals surface area contributed by atoms with Crippen molar-refractivity contribution in [1.29, 1.82) is 0 Å². The first-order valence-corrected chi connectivity index (χ1v) is 13.4. The Hall–Kier alpha value is -5.14. The molecule has 0 bridgehead atoms. The summed E-state index contributed by atoms with van der Waals surface area (Å²) in [6.07, 6.45) is 0. The molecule has 0 spiro atoms. The third-order valence-corrected chi connectivity index (χ3v) is 8.40. The van der Waals surface area contributed by atoms with Crippen molar-refractivity contribution in [3.05, 3.63) is 133 Å². The quantitative estimate of drug-likeness (QED) is 0.163. The smallest absolute Gasteiger partial charge is 0.143 e. The Morgan fingerprint density at radius 1 is 0.359 bits per heavy atom. The van der Waals surface area contributed by atoms with Gasteiger partial charge in [0.25, 0.3) is 0 Å². The third kappa shape index (κ3) is 2.96. The van der Waals surface area contributed by atoms with Gasteiger partial charge in [0, 0.05) is 16.3 Å². The molecule has 9 rings (SSSR count). The molecule has 8 aromatic carbocycles. The molecule has 0 N–H and O–H groups in total. The van der Waals surface area contributed by atoms with Crippen molar-refractivity contribution in [3.63, 3.8) is 0 Å². The van der Waals surface area contributed by atoms with Crippen molar-refractivity contribution < 1.29 is 4.74 Å². The van der Waals surface area contributed by atoms with Crippen LogP contribution in [0.25, 0.3) is 76.1 Å². The average Bonchev–Trinajstić information content (AvgIpc) is 3.00. The average molecular weight is 495 g/mol. The van der Waals surface area contributed by atoms with E-state index in [-0.39, 0.29) is 0 Å². The minimum Gasteiger partial charge on any atom is -0.455 e. The van der Waals surface area contributed by atoms with Gasteiger partial charge in [0.05, 0.1) is 0 Å². The van der Waals surface area contributed by atoms with Crippen LogP contribution in [0.2, 0.25) is 0 Å². The molecule has 1 heterocycles. The van der Waals surface area contributed by atoms with Crippen LogP contribution in [-0.4, -0.2) is 0 Å². The van der Waals surface area contributed by atoms with Crippen molar-refractivity contribution in [2.75, 3.05) is 0 Å². The number of benzene rings is 8. The monoisotopic (exact) mass is 494 g/mol. The second kappa shape index (κ2) is 7.69. The van der Waals surface area contributed by atoms with E-state index in [1.807, 2.05) is 0 Å². The van der Waals surface area contributed by atoms with Crippen LogP contribution in [0, 0.1) is 0 Å². The van der Waals surface area contributed by atoms with E-state index in [2.05, 4.69) is 133 Å². The summed E-state index contributed by atoms with van der Waals surface area (Å²) in [5.74, 6) is 1.87. The molecule has 1 nitrogen and oxygen atoms in total. The topological polar surface area (TPSA) is 9.23 Å². The Morgan fingerprint density at radius 2 is 1.08 bits per heavy atom. The molecule has 1 aliphatic rings. The van der Waals surface area contributed by atoms with Gasteiger partial charge in [-0.25, -0.2) is 0 Å². The molecule has 0 atom stereocenters. The predicted molar refractivity (Wildman–Crippen MR) is 165 cm³/mol. The maximum absolute atomic E-state index is 6.61. The maximum atomic E-state index is 6.61. The molecule has 0 amide bonds. The van der Waals surface area contributed by atoms with Gasteiger partial charge in [-0.15, -0.1) is 0 Å². The summed E-state index contributed by atoms with van der Waals surface area (Å²) in [5, 5.41) is 12.4. The van der Waals surface area contributed by atoms with Crippen molar-refractivity contribution in [3.8, 4) is 33.8 Å². The highest BCUT2D eigenvalue weighted by Gasteiger charge is 2.23. The van der Waals surface area contributed by atoms with Gasteiger partial charge < -0.3 is 4.74 Å². The SMILES string of the molecule is c1ccc2c3c(ccc2c1)-c1cccc2c(-c4ccc5cc6c(ccc7ccccc76)cc5c4)ccc(c12)O3. The minimum absolute atomic E-state index is 0.923. The fraction of sp³-hybridized carbons (Fsp3) is 0. The zero-order valence-electron chi connectivity index (χ0n) is 21.1. The van der Waals surface area contributed by atoms with Gasteiger partial charge in [0.15, 0.2) is 0 Å². The summed E-state index contributed by atoms with van der Waals surface area (Å²) in [7, 11) is 0. The summed E-state index contributed by atoms with van der Waals surface area (Å²) in [5.41, 5.74) is 4.83. The summed E-state index contributed by atoms with van der Waals surface area (Å²) in [6, 6.07) is 48.4. The number of hydrogen-bond acceptors (Lipinski definition) is 1.